The van der Waals surface area contributed by atoms with E-state index < -0.39 is 0 Å². The van der Waals surface area contributed by atoms with E-state index in [0.29, 0.717) is 5.88 Å². The SMILES string of the molecule is Cc1[nH]c(CCCl)nc1-c1ccc2c(c1)OCO2. The van der Waals surface area contributed by atoms with Gasteiger partial charge in [-0.3, -0.25) is 0 Å². The van der Waals surface area contributed by atoms with Gasteiger partial charge in [-0.1, -0.05) is 0 Å². The van der Waals surface area contributed by atoms with Gasteiger partial charge in [0.25, 0.3) is 0 Å². The van der Waals surface area contributed by atoms with Crippen molar-refractivity contribution < 1.29 is 9.47 Å². The number of nitrogens with zero attached hydrogens (tertiary/aromatic N) is 1. The third-order valence-electron chi connectivity index (χ3n) is 2.91. The maximum atomic E-state index is 5.72. The van der Waals surface area contributed by atoms with Crippen molar-refractivity contribution in [2.45, 2.75) is 13.3 Å². The van der Waals surface area contributed by atoms with Crippen LogP contribution in [0, 0.1) is 6.92 Å². The summed E-state index contributed by atoms with van der Waals surface area (Å²) in [4.78, 5) is 7.80. The van der Waals surface area contributed by atoms with E-state index in [2.05, 4.69) is 9.97 Å². The fourth-order valence-electron chi connectivity index (χ4n) is 2.06. The van der Waals surface area contributed by atoms with Gasteiger partial charge in [-0.05, 0) is 25.1 Å². The van der Waals surface area contributed by atoms with Crippen LogP contribution < -0.4 is 9.47 Å². The number of alkyl halides is 1. The van der Waals surface area contributed by atoms with Crippen LogP contribution >= 0.6 is 11.6 Å². The summed E-state index contributed by atoms with van der Waals surface area (Å²) in [6, 6.07) is 5.85. The van der Waals surface area contributed by atoms with Gasteiger partial charge < -0.3 is 14.5 Å². The first-order valence-electron chi connectivity index (χ1n) is 5.79. The molecule has 1 N–H and O–H groups in total. The number of aromatic amines is 1. The summed E-state index contributed by atoms with van der Waals surface area (Å²) in [6.07, 6.45) is 0.743. The molecule has 1 aliphatic rings. The lowest BCUT2D eigenvalue weighted by Crippen LogP contribution is -1.92. The van der Waals surface area contributed by atoms with Crippen LogP contribution in [0.2, 0.25) is 0 Å². The van der Waals surface area contributed by atoms with Crippen LogP contribution in [0.1, 0.15) is 11.5 Å². The summed E-state index contributed by atoms with van der Waals surface area (Å²) >= 11 is 5.72. The minimum Gasteiger partial charge on any atom is -0.454 e. The maximum absolute atomic E-state index is 5.72. The van der Waals surface area contributed by atoms with Crippen LogP contribution in [-0.2, 0) is 6.42 Å². The van der Waals surface area contributed by atoms with Crippen molar-refractivity contribution in [2.75, 3.05) is 12.7 Å². The largest absolute Gasteiger partial charge is 0.454 e. The molecule has 0 saturated heterocycles. The molecule has 1 aliphatic heterocycles. The summed E-state index contributed by atoms with van der Waals surface area (Å²) in [6.45, 7) is 2.29. The van der Waals surface area contributed by atoms with E-state index in [9.17, 15) is 0 Å². The number of fused-ring (bicyclic) bond motifs is 1. The Morgan fingerprint density at radius 1 is 1.33 bits per heavy atom. The maximum Gasteiger partial charge on any atom is 0.231 e. The number of benzene rings is 1. The summed E-state index contributed by atoms with van der Waals surface area (Å²) < 4.78 is 10.7. The molecule has 0 atom stereocenters. The van der Waals surface area contributed by atoms with Crippen LogP contribution in [0.3, 0.4) is 0 Å². The molecule has 2 heterocycles. The Kier molecular flexibility index (Phi) is 2.88. The first-order chi connectivity index (χ1) is 8.78. The molecule has 5 heteroatoms. The molecule has 0 fully saturated rings. The predicted octanol–water partition coefficient (Wildman–Crippen LogP) is 2.90. The van der Waals surface area contributed by atoms with Crippen molar-refractivity contribution >= 4 is 11.6 Å². The number of imidazole rings is 1. The predicted molar refractivity (Wildman–Crippen MR) is 69.3 cm³/mol. The second kappa shape index (κ2) is 4.53. The van der Waals surface area contributed by atoms with Gasteiger partial charge >= 0.3 is 0 Å². The lowest BCUT2D eigenvalue weighted by molar-refractivity contribution is 0.174. The number of aryl methyl sites for hydroxylation is 2. The van der Waals surface area contributed by atoms with Crippen molar-refractivity contribution in [1.82, 2.24) is 9.97 Å². The average Bonchev–Trinajstić information content (AvgIpc) is 2.95. The zero-order chi connectivity index (χ0) is 12.5. The Bertz CT molecular complexity index is 580. The number of halogens is 1. The molecule has 0 amide bonds. The number of nitrogens with one attached hydrogen (secondary N) is 1. The van der Waals surface area contributed by atoms with Crippen LogP contribution in [0.4, 0.5) is 0 Å². The minimum atomic E-state index is 0.288. The Morgan fingerprint density at radius 2 is 2.17 bits per heavy atom. The van der Waals surface area contributed by atoms with E-state index in [-0.39, 0.29) is 6.79 Å². The fourth-order valence-corrected chi connectivity index (χ4v) is 2.23. The molecule has 1 aromatic carbocycles. The topological polar surface area (TPSA) is 47.1 Å². The van der Waals surface area contributed by atoms with Crippen LogP contribution in [0.5, 0.6) is 11.5 Å². The molecule has 0 saturated carbocycles. The molecular formula is C13H13ClN2O2. The lowest BCUT2D eigenvalue weighted by Gasteiger charge is -2.00. The van der Waals surface area contributed by atoms with Crippen LogP contribution in [-0.4, -0.2) is 22.6 Å². The summed E-state index contributed by atoms with van der Waals surface area (Å²) in [7, 11) is 0. The van der Waals surface area contributed by atoms with Crippen molar-refractivity contribution in [3.05, 3.63) is 29.7 Å². The van der Waals surface area contributed by atoms with Gasteiger partial charge in [0.2, 0.25) is 6.79 Å². The summed E-state index contributed by atoms with van der Waals surface area (Å²) in [5, 5.41) is 0. The monoisotopic (exact) mass is 264 g/mol. The number of hydrogen-bond donors (Lipinski definition) is 1. The molecule has 18 heavy (non-hydrogen) atoms. The van der Waals surface area contributed by atoms with Crippen LogP contribution in [0.15, 0.2) is 18.2 Å². The number of rotatable bonds is 3. The van der Waals surface area contributed by atoms with Crippen molar-refractivity contribution in [3.63, 3.8) is 0 Å². The molecule has 1 aromatic heterocycles. The van der Waals surface area contributed by atoms with Gasteiger partial charge in [-0.2, -0.15) is 0 Å². The molecule has 2 aromatic rings. The minimum absolute atomic E-state index is 0.288. The van der Waals surface area contributed by atoms with Gasteiger partial charge in [-0.25, -0.2) is 4.98 Å². The standard InChI is InChI=1S/C13H13ClN2O2/c1-8-13(16-12(15-8)4-5-14)9-2-3-10-11(6-9)18-7-17-10/h2-3,6H,4-5,7H2,1H3,(H,15,16). The Hall–Kier alpha value is -1.68. The summed E-state index contributed by atoms with van der Waals surface area (Å²) in [5.41, 5.74) is 3.00. The highest BCUT2D eigenvalue weighted by atomic mass is 35.5. The first-order valence-corrected chi connectivity index (χ1v) is 6.33. The zero-order valence-electron chi connectivity index (χ0n) is 10.00. The third-order valence-corrected chi connectivity index (χ3v) is 3.10. The highest BCUT2D eigenvalue weighted by Gasteiger charge is 2.16. The first kappa shape index (κ1) is 11.4. The smallest absolute Gasteiger partial charge is 0.231 e. The number of aromatic nitrogens is 2. The van der Waals surface area contributed by atoms with Crippen molar-refractivity contribution in [3.8, 4) is 22.8 Å². The Morgan fingerprint density at radius 3 is 3.00 bits per heavy atom. The lowest BCUT2D eigenvalue weighted by atomic mass is 10.1. The highest BCUT2D eigenvalue weighted by molar-refractivity contribution is 6.17. The highest BCUT2D eigenvalue weighted by Crippen LogP contribution is 2.36. The van der Waals surface area contributed by atoms with Crippen molar-refractivity contribution in [2.24, 2.45) is 0 Å². The molecule has 0 bridgehead atoms. The number of hydrogen-bond acceptors (Lipinski definition) is 3. The van der Waals surface area contributed by atoms with Crippen LogP contribution in [0.25, 0.3) is 11.3 Å². The molecule has 94 valence electrons. The molecule has 4 nitrogen and oxygen atoms in total. The number of ether oxygens (including phenoxy) is 2. The van der Waals surface area contributed by atoms with Gasteiger partial charge in [0, 0.05) is 23.6 Å². The number of H-pyrrole nitrogens is 1. The second-order valence-electron chi connectivity index (χ2n) is 4.16. The molecule has 0 spiro atoms. The average molecular weight is 265 g/mol. The van der Waals surface area contributed by atoms with E-state index >= 15 is 0 Å². The van der Waals surface area contributed by atoms with E-state index in [0.717, 1.165) is 40.7 Å². The fraction of sp³-hybridized carbons (Fsp3) is 0.308. The van der Waals surface area contributed by atoms with Gasteiger partial charge in [-0.15, -0.1) is 11.6 Å². The van der Waals surface area contributed by atoms with Gasteiger partial charge in [0.1, 0.15) is 5.82 Å². The van der Waals surface area contributed by atoms with E-state index in [4.69, 9.17) is 21.1 Å². The van der Waals surface area contributed by atoms with Gasteiger partial charge in [0.05, 0.1) is 5.69 Å². The van der Waals surface area contributed by atoms with E-state index in [1.54, 1.807) is 0 Å². The normalized spacial score (nSPS) is 13.0. The summed E-state index contributed by atoms with van der Waals surface area (Å²) in [5.74, 6) is 3.03. The molecule has 0 unspecified atom stereocenters. The molecule has 0 aliphatic carbocycles. The molecular weight excluding hydrogens is 252 g/mol. The van der Waals surface area contributed by atoms with E-state index in [1.165, 1.54) is 0 Å². The van der Waals surface area contributed by atoms with Gasteiger partial charge in [0.15, 0.2) is 11.5 Å². The Balaban J connectivity index is 1.99. The molecule has 3 rings (SSSR count). The second-order valence-corrected chi connectivity index (χ2v) is 4.54. The van der Waals surface area contributed by atoms with Crippen molar-refractivity contribution in [1.29, 1.82) is 0 Å². The Labute approximate surface area is 110 Å². The van der Waals surface area contributed by atoms with E-state index in [1.807, 2.05) is 25.1 Å². The zero-order valence-corrected chi connectivity index (χ0v) is 10.8. The molecule has 0 radical (unpaired) electrons. The quantitative estimate of drug-likeness (QED) is 0.867. The third kappa shape index (κ3) is 1.93.